The number of aliphatic hydroxyl groups excluding tert-OH is 2. The zero-order valence-corrected chi connectivity index (χ0v) is 9.16. The Morgan fingerprint density at radius 2 is 2.00 bits per heavy atom. The average Bonchev–Trinajstić information content (AvgIpc) is 2.56. The lowest BCUT2D eigenvalue weighted by Crippen LogP contribution is -2.40. The van der Waals surface area contributed by atoms with Crippen molar-refractivity contribution in [2.24, 2.45) is 5.73 Å². The van der Waals surface area contributed by atoms with Crippen LogP contribution in [0.25, 0.3) is 0 Å². The first kappa shape index (κ1) is 11.5. The van der Waals surface area contributed by atoms with Gasteiger partial charge in [0.1, 0.15) is 0 Å². The van der Waals surface area contributed by atoms with Gasteiger partial charge in [0.05, 0.1) is 18.8 Å². The molecule has 4 N–H and O–H groups in total. The van der Waals surface area contributed by atoms with E-state index in [2.05, 4.69) is 0 Å². The van der Waals surface area contributed by atoms with Crippen LogP contribution in [0.4, 0.5) is 0 Å². The van der Waals surface area contributed by atoms with Crippen LogP contribution in [0.1, 0.15) is 5.56 Å². The Kier molecular flexibility index (Phi) is 3.56. The van der Waals surface area contributed by atoms with Crippen molar-refractivity contribution in [1.82, 2.24) is 4.90 Å². The second kappa shape index (κ2) is 4.93. The molecule has 0 amide bonds. The van der Waals surface area contributed by atoms with Gasteiger partial charge in [-0.2, -0.15) is 0 Å². The third kappa shape index (κ3) is 2.25. The number of nitrogens with zero attached hydrogens (tertiary/aromatic N) is 1. The molecule has 0 spiro atoms. The molecule has 1 aliphatic rings. The maximum Gasteiger partial charge on any atom is 0.0880 e. The van der Waals surface area contributed by atoms with Crippen molar-refractivity contribution in [2.75, 3.05) is 13.2 Å². The van der Waals surface area contributed by atoms with Gasteiger partial charge in [0.15, 0.2) is 0 Å². The molecular weight excluding hydrogens is 204 g/mol. The minimum Gasteiger partial charge on any atom is -0.395 e. The summed E-state index contributed by atoms with van der Waals surface area (Å²) in [7, 11) is 0. The average molecular weight is 222 g/mol. The van der Waals surface area contributed by atoms with Crippen LogP contribution < -0.4 is 5.73 Å². The van der Waals surface area contributed by atoms with Gasteiger partial charge in [0.25, 0.3) is 0 Å². The van der Waals surface area contributed by atoms with Crippen LogP contribution in [0, 0.1) is 0 Å². The third-order valence-electron chi connectivity index (χ3n) is 3.16. The van der Waals surface area contributed by atoms with E-state index in [0.717, 1.165) is 6.54 Å². The molecule has 1 aromatic carbocycles. The molecule has 1 fully saturated rings. The first-order valence-electron chi connectivity index (χ1n) is 5.55. The minimum atomic E-state index is -0.631. The van der Waals surface area contributed by atoms with Crippen molar-refractivity contribution < 1.29 is 10.2 Å². The summed E-state index contributed by atoms with van der Waals surface area (Å²) in [5.74, 6) is 0. The fourth-order valence-electron chi connectivity index (χ4n) is 2.24. The zero-order chi connectivity index (χ0) is 11.5. The molecule has 0 bridgehead atoms. The number of likely N-dealkylation sites (tertiary alicyclic amines) is 1. The molecule has 4 nitrogen and oxygen atoms in total. The summed E-state index contributed by atoms with van der Waals surface area (Å²) in [4.78, 5) is 2.03. The van der Waals surface area contributed by atoms with Gasteiger partial charge in [-0.15, -0.1) is 0 Å². The van der Waals surface area contributed by atoms with Gasteiger partial charge >= 0.3 is 0 Å². The van der Waals surface area contributed by atoms with E-state index in [1.165, 1.54) is 5.56 Å². The van der Waals surface area contributed by atoms with Crippen LogP contribution in [0.3, 0.4) is 0 Å². The molecule has 3 atom stereocenters. The summed E-state index contributed by atoms with van der Waals surface area (Å²) < 4.78 is 0. The Balaban J connectivity index is 2.05. The van der Waals surface area contributed by atoms with E-state index in [1.54, 1.807) is 0 Å². The molecule has 0 aromatic heterocycles. The monoisotopic (exact) mass is 222 g/mol. The van der Waals surface area contributed by atoms with Crippen LogP contribution in [-0.4, -0.2) is 46.5 Å². The smallest absolute Gasteiger partial charge is 0.0880 e. The van der Waals surface area contributed by atoms with Crippen molar-refractivity contribution in [3.63, 3.8) is 0 Å². The fraction of sp³-hybridized carbons (Fsp3) is 0.500. The summed E-state index contributed by atoms with van der Waals surface area (Å²) in [6.07, 6.45) is -0.631. The lowest BCUT2D eigenvalue weighted by molar-refractivity contribution is 0.0646. The molecule has 1 aliphatic heterocycles. The van der Waals surface area contributed by atoms with Crippen molar-refractivity contribution in [1.29, 1.82) is 0 Å². The van der Waals surface area contributed by atoms with E-state index in [0.29, 0.717) is 6.54 Å². The first-order chi connectivity index (χ1) is 7.72. The number of aliphatic hydroxyl groups is 2. The van der Waals surface area contributed by atoms with Crippen molar-refractivity contribution >= 4 is 0 Å². The molecule has 4 heteroatoms. The lowest BCUT2D eigenvalue weighted by Gasteiger charge is -2.23. The largest absolute Gasteiger partial charge is 0.395 e. The normalized spacial score (nSPS) is 30.8. The number of hydrogen-bond acceptors (Lipinski definition) is 4. The van der Waals surface area contributed by atoms with Crippen LogP contribution in [0.2, 0.25) is 0 Å². The molecule has 2 rings (SSSR count). The molecule has 1 heterocycles. The quantitative estimate of drug-likeness (QED) is 0.648. The minimum absolute atomic E-state index is 0.0539. The predicted octanol–water partition coefficient (Wildman–Crippen LogP) is -0.449. The van der Waals surface area contributed by atoms with Gasteiger partial charge in [-0.3, -0.25) is 4.90 Å². The van der Waals surface area contributed by atoms with E-state index in [1.807, 2.05) is 35.2 Å². The maximum atomic E-state index is 9.78. The SMILES string of the molecule is N[C@@H]1CN(Cc2ccccc2)[C@H](CO)[C@H]1O. The van der Waals surface area contributed by atoms with E-state index in [-0.39, 0.29) is 18.7 Å². The zero-order valence-electron chi connectivity index (χ0n) is 9.16. The van der Waals surface area contributed by atoms with Gasteiger partial charge in [0, 0.05) is 19.1 Å². The Morgan fingerprint density at radius 1 is 1.31 bits per heavy atom. The summed E-state index contributed by atoms with van der Waals surface area (Å²) >= 11 is 0. The van der Waals surface area contributed by atoms with E-state index < -0.39 is 6.10 Å². The van der Waals surface area contributed by atoms with Gasteiger partial charge in [0.2, 0.25) is 0 Å². The fourth-order valence-corrected chi connectivity index (χ4v) is 2.24. The van der Waals surface area contributed by atoms with Crippen LogP contribution in [0.15, 0.2) is 30.3 Å². The number of rotatable bonds is 3. The van der Waals surface area contributed by atoms with E-state index in [4.69, 9.17) is 5.73 Å². The predicted molar refractivity (Wildman–Crippen MR) is 61.7 cm³/mol. The third-order valence-corrected chi connectivity index (χ3v) is 3.16. The second-order valence-corrected chi connectivity index (χ2v) is 4.32. The summed E-state index contributed by atoms with van der Waals surface area (Å²) in [6, 6.07) is 9.49. The van der Waals surface area contributed by atoms with Crippen molar-refractivity contribution in [2.45, 2.75) is 24.7 Å². The Labute approximate surface area is 95.3 Å². The molecule has 16 heavy (non-hydrogen) atoms. The number of nitrogens with two attached hydrogens (primary N) is 1. The summed E-state index contributed by atoms with van der Waals surface area (Å²) in [5, 5.41) is 19.0. The van der Waals surface area contributed by atoms with Gasteiger partial charge in [-0.05, 0) is 5.56 Å². The molecule has 0 unspecified atom stereocenters. The Hall–Kier alpha value is -0.940. The summed E-state index contributed by atoms with van der Waals surface area (Å²) in [6.45, 7) is 1.29. The number of benzene rings is 1. The van der Waals surface area contributed by atoms with Crippen LogP contribution in [0.5, 0.6) is 0 Å². The summed E-state index contributed by atoms with van der Waals surface area (Å²) in [5.41, 5.74) is 6.95. The molecule has 0 saturated carbocycles. The van der Waals surface area contributed by atoms with Crippen LogP contribution in [-0.2, 0) is 6.54 Å². The highest BCUT2D eigenvalue weighted by Crippen LogP contribution is 2.19. The van der Waals surface area contributed by atoms with Crippen molar-refractivity contribution in [3.8, 4) is 0 Å². The maximum absolute atomic E-state index is 9.78. The highest BCUT2D eigenvalue weighted by Gasteiger charge is 2.37. The van der Waals surface area contributed by atoms with Crippen molar-refractivity contribution in [3.05, 3.63) is 35.9 Å². The standard InChI is InChI=1S/C12H18N2O2/c13-10-7-14(11(8-15)12(10)16)6-9-4-2-1-3-5-9/h1-5,10-12,15-16H,6-8,13H2/t10-,11-,12+/m1/s1. The molecule has 0 radical (unpaired) electrons. The van der Waals surface area contributed by atoms with Gasteiger partial charge < -0.3 is 15.9 Å². The highest BCUT2D eigenvalue weighted by atomic mass is 16.3. The molecule has 1 aromatic rings. The Bertz CT molecular complexity index is 331. The van der Waals surface area contributed by atoms with E-state index >= 15 is 0 Å². The topological polar surface area (TPSA) is 69.7 Å². The molecule has 0 aliphatic carbocycles. The first-order valence-corrected chi connectivity index (χ1v) is 5.55. The van der Waals surface area contributed by atoms with Gasteiger partial charge in [-0.25, -0.2) is 0 Å². The number of hydrogen-bond donors (Lipinski definition) is 3. The second-order valence-electron chi connectivity index (χ2n) is 4.32. The molecule has 88 valence electrons. The van der Waals surface area contributed by atoms with E-state index in [9.17, 15) is 10.2 Å². The lowest BCUT2D eigenvalue weighted by atomic mass is 10.1. The van der Waals surface area contributed by atoms with Gasteiger partial charge in [-0.1, -0.05) is 30.3 Å². The molecular formula is C12H18N2O2. The highest BCUT2D eigenvalue weighted by molar-refractivity contribution is 5.15. The van der Waals surface area contributed by atoms with Crippen LogP contribution >= 0.6 is 0 Å². The Morgan fingerprint density at radius 3 is 2.62 bits per heavy atom. The molecule has 1 saturated heterocycles.